The molecule has 2 N–H and O–H groups in total. The molecule has 1 aromatic heterocycles. The van der Waals surface area contributed by atoms with Gasteiger partial charge >= 0.3 is 0 Å². The Hall–Kier alpha value is -2.03. The normalized spacial score (nSPS) is 11.4. The maximum Gasteiger partial charge on any atom is 0.241 e. The van der Waals surface area contributed by atoms with Crippen molar-refractivity contribution in [3.63, 3.8) is 0 Å². The molecule has 0 saturated carbocycles. The number of hydrogen-bond donors (Lipinski definition) is 1. The van der Waals surface area contributed by atoms with Gasteiger partial charge in [0, 0.05) is 17.0 Å². The number of aryl methyl sites for hydroxylation is 2. The standard InChI is InChI=1S/C13H13NO2/c1-8-3-4-12-10(7-8)9(2)11(16-12)5-6-13(14)15/h3-7H,1-2H3,(H2,14,15)/b6-5-. The van der Waals surface area contributed by atoms with E-state index in [0.717, 1.165) is 16.5 Å². The van der Waals surface area contributed by atoms with Crippen molar-refractivity contribution in [3.8, 4) is 0 Å². The Kier molecular flexibility index (Phi) is 2.52. The largest absolute Gasteiger partial charge is 0.456 e. The number of carbonyl (C=O) groups excluding carboxylic acids is 1. The van der Waals surface area contributed by atoms with Gasteiger partial charge in [-0.25, -0.2) is 0 Å². The van der Waals surface area contributed by atoms with E-state index >= 15 is 0 Å². The maximum absolute atomic E-state index is 10.6. The van der Waals surface area contributed by atoms with E-state index in [4.69, 9.17) is 10.2 Å². The Balaban J connectivity index is 2.56. The van der Waals surface area contributed by atoms with Gasteiger partial charge in [0.15, 0.2) is 0 Å². The molecule has 82 valence electrons. The quantitative estimate of drug-likeness (QED) is 0.782. The number of furan rings is 1. The average Bonchev–Trinajstić information content (AvgIpc) is 2.53. The lowest BCUT2D eigenvalue weighted by Gasteiger charge is -1.91. The van der Waals surface area contributed by atoms with Gasteiger partial charge in [0.25, 0.3) is 0 Å². The molecular formula is C13H13NO2. The molecule has 2 rings (SSSR count). The highest BCUT2D eigenvalue weighted by Gasteiger charge is 2.07. The Morgan fingerprint density at radius 2 is 2.12 bits per heavy atom. The van der Waals surface area contributed by atoms with E-state index in [-0.39, 0.29) is 0 Å². The minimum Gasteiger partial charge on any atom is -0.456 e. The molecule has 0 spiro atoms. The van der Waals surface area contributed by atoms with Crippen LogP contribution in [0.4, 0.5) is 0 Å². The van der Waals surface area contributed by atoms with Gasteiger partial charge < -0.3 is 10.2 Å². The first-order chi connectivity index (χ1) is 7.58. The number of amides is 1. The third kappa shape index (κ3) is 1.84. The first kappa shape index (κ1) is 10.5. The smallest absolute Gasteiger partial charge is 0.241 e. The zero-order chi connectivity index (χ0) is 11.7. The van der Waals surface area contributed by atoms with Crippen LogP contribution in [0.3, 0.4) is 0 Å². The second-order valence-corrected chi connectivity index (χ2v) is 3.83. The maximum atomic E-state index is 10.6. The number of primary amides is 1. The molecule has 0 unspecified atom stereocenters. The summed E-state index contributed by atoms with van der Waals surface area (Å²) >= 11 is 0. The summed E-state index contributed by atoms with van der Waals surface area (Å²) < 4.78 is 5.61. The molecule has 1 amide bonds. The number of carbonyl (C=O) groups is 1. The molecule has 0 bridgehead atoms. The van der Waals surface area contributed by atoms with Crippen molar-refractivity contribution < 1.29 is 9.21 Å². The van der Waals surface area contributed by atoms with E-state index < -0.39 is 5.91 Å². The van der Waals surface area contributed by atoms with Crippen LogP contribution in [0.15, 0.2) is 28.7 Å². The molecule has 2 aromatic rings. The molecular weight excluding hydrogens is 202 g/mol. The minimum atomic E-state index is -0.476. The van der Waals surface area contributed by atoms with Crippen LogP contribution < -0.4 is 5.73 Å². The highest BCUT2D eigenvalue weighted by Crippen LogP contribution is 2.26. The van der Waals surface area contributed by atoms with Gasteiger partial charge in [0.1, 0.15) is 11.3 Å². The van der Waals surface area contributed by atoms with Gasteiger partial charge in [-0.3, -0.25) is 4.79 Å². The summed E-state index contributed by atoms with van der Waals surface area (Å²) in [5.74, 6) is 0.204. The van der Waals surface area contributed by atoms with E-state index in [1.54, 1.807) is 6.08 Å². The van der Waals surface area contributed by atoms with E-state index in [0.29, 0.717) is 5.76 Å². The molecule has 0 radical (unpaired) electrons. The lowest BCUT2D eigenvalue weighted by Crippen LogP contribution is -2.05. The summed E-state index contributed by atoms with van der Waals surface area (Å²) in [5.41, 5.74) is 8.07. The fraction of sp³-hybridized carbons (Fsp3) is 0.154. The molecule has 0 aliphatic rings. The van der Waals surface area contributed by atoms with E-state index in [1.807, 2.05) is 26.0 Å². The van der Waals surface area contributed by atoms with E-state index in [1.165, 1.54) is 11.6 Å². The molecule has 0 aliphatic carbocycles. The van der Waals surface area contributed by atoms with Crippen LogP contribution >= 0.6 is 0 Å². The molecule has 0 saturated heterocycles. The monoisotopic (exact) mass is 215 g/mol. The summed E-state index contributed by atoms with van der Waals surface area (Å²) in [6.07, 6.45) is 2.91. The number of hydrogen-bond acceptors (Lipinski definition) is 2. The molecule has 1 heterocycles. The SMILES string of the molecule is Cc1ccc2oc(/C=C\C(N)=O)c(C)c2c1. The summed E-state index contributed by atoms with van der Waals surface area (Å²) in [6.45, 7) is 4.00. The zero-order valence-electron chi connectivity index (χ0n) is 9.28. The molecule has 3 nitrogen and oxygen atoms in total. The number of fused-ring (bicyclic) bond motifs is 1. The summed E-state index contributed by atoms with van der Waals surface area (Å²) in [7, 11) is 0. The van der Waals surface area contributed by atoms with Crippen LogP contribution in [0.5, 0.6) is 0 Å². The van der Waals surface area contributed by atoms with Gasteiger partial charge in [-0.05, 0) is 32.1 Å². The summed E-state index contributed by atoms with van der Waals surface area (Å²) in [5, 5.41) is 1.07. The molecule has 0 fully saturated rings. The Labute approximate surface area is 93.5 Å². The lowest BCUT2D eigenvalue weighted by atomic mass is 10.1. The fourth-order valence-electron chi connectivity index (χ4n) is 1.67. The van der Waals surface area contributed by atoms with Crippen molar-refractivity contribution in [2.24, 2.45) is 5.73 Å². The molecule has 0 aliphatic heterocycles. The van der Waals surface area contributed by atoms with Crippen LogP contribution in [0, 0.1) is 13.8 Å². The summed E-state index contributed by atoms with van der Waals surface area (Å²) in [6, 6.07) is 5.99. The zero-order valence-corrected chi connectivity index (χ0v) is 9.28. The van der Waals surface area contributed by atoms with Crippen molar-refractivity contribution in [3.05, 3.63) is 41.2 Å². The van der Waals surface area contributed by atoms with Crippen LogP contribution in [0.1, 0.15) is 16.9 Å². The third-order valence-electron chi connectivity index (χ3n) is 2.53. The predicted molar refractivity (Wildman–Crippen MR) is 63.9 cm³/mol. The van der Waals surface area contributed by atoms with Gasteiger partial charge in [-0.2, -0.15) is 0 Å². The van der Waals surface area contributed by atoms with Crippen molar-refractivity contribution in [1.82, 2.24) is 0 Å². The highest BCUT2D eigenvalue weighted by molar-refractivity contribution is 5.92. The molecule has 0 atom stereocenters. The van der Waals surface area contributed by atoms with Gasteiger partial charge in [-0.15, -0.1) is 0 Å². The van der Waals surface area contributed by atoms with Gasteiger partial charge in [0.2, 0.25) is 5.91 Å². The van der Waals surface area contributed by atoms with Gasteiger partial charge in [-0.1, -0.05) is 11.6 Å². The van der Waals surface area contributed by atoms with Crippen molar-refractivity contribution in [2.75, 3.05) is 0 Å². The van der Waals surface area contributed by atoms with Crippen molar-refractivity contribution in [1.29, 1.82) is 0 Å². The van der Waals surface area contributed by atoms with E-state index in [2.05, 4.69) is 6.07 Å². The third-order valence-corrected chi connectivity index (χ3v) is 2.53. The van der Waals surface area contributed by atoms with Crippen LogP contribution in [0.2, 0.25) is 0 Å². The molecule has 1 aromatic carbocycles. The fourth-order valence-corrected chi connectivity index (χ4v) is 1.67. The second kappa shape index (κ2) is 3.85. The second-order valence-electron chi connectivity index (χ2n) is 3.83. The minimum absolute atomic E-state index is 0.476. The van der Waals surface area contributed by atoms with E-state index in [9.17, 15) is 4.79 Å². The van der Waals surface area contributed by atoms with Crippen LogP contribution in [-0.2, 0) is 4.79 Å². The van der Waals surface area contributed by atoms with Crippen molar-refractivity contribution in [2.45, 2.75) is 13.8 Å². The Morgan fingerprint density at radius 3 is 2.81 bits per heavy atom. The number of benzene rings is 1. The highest BCUT2D eigenvalue weighted by atomic mass is 16.3. The number of nitrogens with two attached hydrogens (primary N) is 1. The first-order valence-corrected chi connectivity index (χ1v) is 5.05. The number of rotatable bonds is 2. The first-order valence-electron chi connectivity index (χ1n) is 5.05. The predicted octanol–water partition coefficient (Wildman–Crippen LogP) is 2.55. The van der Waals surface area contributed by atoms with Crippen LogP contribution in [-0.4, -0.2) is 5.91 Å². The molecule has 3 heteroatoms. The van der Waals surface area contributed by atoms with Crippen molar-refractivity contribution >= 4 is 23.0 Å². The van der Waals surface area contributed by atoms with Crippen LogP contribution in [0.25, 0.3) is 17.0 Å². The van der Waals surface area contributed by atoms with Gasteiger partial charge in [0.05, 0.1) is 0 Å². The Bertz CT molecular complexity index is 579. The molecule has 16 heavy (non-hydrogen) atoms. The lowest BCUT2D eigenvalue weighted by molar-refractivity contribution is -0.113. The average molecular weight is 215 g/mol. The summed E-state index contributed by atoms with van der Waals surface area (Å²) in [4.78, 5) is 10.6. The topological polar surface area (TPSA) is 56.2 Å². The Morgan fingerprint density at radius 1 is 1.38 bits per heavy atom.